The van der Waals surface area contributed by atoms with Crippen LogP contribution in [0.5, 0.6) is 0 Å². The lowest BCUT2D eigenvalue weighted by Crippen LogP contribution is -2.37. The monoisotopic (exact) mass is 345 g/mol. The van der Waals surface area contributed by atoms with E-state index in [0.29, 0.717) is 26.1 Å². The number of nitrogens with zero attached hydrogens (tertiary/aromatic N) is 2. The Morgan fingerprint density at radius 2 is 1.72 bits per heavy atom. The summed E-state index contributed by atoms with van der Waals surface area (Å²) in [6, 6.07) is 7.70. The highest BCUT2D eigenvalue weighted by atomic mass is 16.2. The minimum atomic E-state index is 0.0692. The van der Waals surface area contributed by atoms with Crippen LogP contribution in [0.1, 0.15) is 54.4 Å². The molecule has 5 nitrogen and oxygen atoms in total. The van der Waals surface area contributed by atoms with Gasteiger partial charge in [-0.15, -0.1) is 0 Å². The number of carbonyl (C=O) groups excluding carboxylic acids is 2. The summed E-state index contributed by atoms with van der Waals surface area (Å²) < 4.78 is 0. The molecule has 0 radical (unpaired) electrons. The second-order valence-corrected chi connectivity index (χ2v) is 6.85. The van der Waals surface area contributed by atoms with Gasteiger partial charge >= 0.3 is 0 Å². The molecule has 1 fully saturated rings. The zero-order valence-electron chi connectivity index (χ0n) is 15.4. The number of hydrogen-bond acceptors (Lipinski definition) is 3. The van der Waals surface area contributed by atoms with E-state index < -0.39 is 0 Å². The molecule has 0 aliphatic carbocycles. The fourth-order valence-corrected chi connectivity index (χ4v) is 3.26. The fourth-order valence-electron chi connectivity index (χ4n) is 3.26. The third kappa shape index (κ3) is 6.16. The van der Waals surface area contributed by atoms with Gasteiger partial charge in [0, 0.05) is 38.2 Å². The predicted octanol–water partition coefficient (Wildman–Crippen LogP) is 2.58. The van der Waals surface area contributed by atoms with E-state index in [1.54, 1.807) is 0 Å². The number of benzene rings is 1. The van der Waals surface area contributed by atoms with Crippen molar-refractivity contribution in [2.75, 3.05) is 32.7 Å². The maximum absolute atomic E-state index is 12.7. The van der Waals surface area contributed by atoms with Crippen molar-refractivity contribution in [1.82, 2.24) is 9.80 Å². The molecule has 1 aliphatic heterocycles. The Morgan fingerprint density at radius 1 is 1.00 bits per heavy atom. The van der Waals surface area contributed by atoms with Crippen LogP contribution in [-0.2, 0) is 4.79 Å². The van der Waals surface area contributed by atoms with Crippen molar-refractivity contribution >= 4 is 11.8 Å². The van der Waals surface area contributed by atoms with Crippen molar-refractivity contribution in [3.8, 4) is 0 Å². The van der Waals surface area contributed by atoms with Gasteiger partial charge in [0.25, 0.3) is 5.91 Å². The smallest absolute Gasteiger partial charge is 0.253 e. The second kappa shape index (κ2) is 10.2. The molecule has 1 aromatic rings. The molecule has 2 rings (SSSR count). The van der Waals surface area contributed by atoms with Gasteiger partial charge in [-0.3, -0.25) is 9.59 Å². The van der Waals surface area contributed by atoms with Gasteiger partial charge in [0.1, 0.15) is 0 Å². The molecule has 2 N–H and O–H groups in total. The number of nitrogens with two attached hydrogens (primary N) is 1. The van der Waals surface area contributed by atoms with Gasteiger partial charge in [-0.25, -0.2) is 0 Å². The van der Waals surface area contributed by atoms with E-state index in [4.69, 9.17) is 5.73 Å². The number of unbranched alkanes of at least 4 members (excludes halogenated alkanes) is 3. The Kier molecular flexibility index (Phi) is 7.92. The van der Waals surface area contributed by atoms with Gasteiger partial charge < -0.3 is 15.5 Å². The Morgan fingerprint density at radius 3 is 2.48 bits per heavy atom. The quantitative estimate of drug-likeness (QED) is 0.773. The van der Waals surface area contributed by atoms with Crippen LogP contribution in [-0.4, -0.2) is 54.3 Å². The first-order valence-electron chi connectivity index (χ1n) is 9.45. The van der Waals surface area contributed by atoms with E-state index in [9.17, 15) is 9.59 Å². The van der Waals surface area contributed by atoms with Crippen LogP contribution >= 0.6 is 0 Å². The maximum Gasteiger partial charge on any atom is 0.253 e. The summed E-state index contributed by atoms with van der Waals surface area (Å²) in [5, 5.41) is 0. The first-order chi connectivity index (χ1) is 12.1. The van der Waals surface area contributed by atoms with Crippen molar-refractivity contribution < 1.29 is 9.59 Å². The summed E-state index contributed by atoms with van der Waals surface area (Å²) in [7, 11) is 0. The van der Waals surface area contributed by atoms with Crippen LogP contribution < -0.4 is 5.73 Å². The normalized spacial score (nSPS) is 15.1. The summed E-state index contributed by atoms with van der Waals surface area (Å²) in [6.45, 7) is 5.44. The summed E-state index contributed by atoms with van der Waals surface area (Å²) in [6.07, 6.45) is 5.58. The van der Waals surface area contributed by atoms with E-state index in [1.807, 2.05) is 41.0 Å². The standard InChI is InChI=1S/C20H31N3O2/c1-17-8-6-9-18(16-17)20(25)23-13-7-12-22(14-15-23)19(24)10-4-2-3-5-11-21/h6,8-9,16H,2-5,7,10-15,21H2,1H3. The molecule has 5 heteroatoms. The van der Waals surface area contributed by atoms with Crippen LogP contribution in [0.3, 0.4) is 0 Å². The summed E-state index contributed by atoms with van der Waals surface area (Å²) in [5.74, 6) is 0.289. The Labute approximate surface area is 151 Å². The number of amides is 2. The molecule has 0 aromatic heterocycles. The van der Waals surface area contributed by atoms with E-state index in [1.165, 1.54) is 0 Å². The average molecular weight is 345 g/mol. The van der Waals surface area contributed by atoms with E-state index >= 15 is 0 Å². The van der Waals surface area contributed by atoms with Crippen molar-refractivity contribution in [3.63, 3.8) is 0 Å². The Balaban J connectivity index is 1.81. The summed E-state index contributed by atoms with van der Waals surface area (Å²) in [5.41, 5.74) is 7.31. The van der Waals surface area contributed by atoms with Crippen LogP contribution in [0.25, 0.3) is 0 Å². The van der Waals surface area contributed by atoms with Gasteiger partial charge in [-0.05, 0) is 44.9 Å². The van der Waals surface area contributed by atoms with Gasteiger partial charge in [-0.2, -0.15) is 0 Å². The molecule has 1 aromatic carbocycles. The Bertz CT molecular complexity index is 574. The topological polar surface area (TPSA) is 66.6 Å². The van der Waals surface area contributed by atoms with Crippen molar-refractivity contribution in [2.24, 2.45) is 5.73 Å². The largest absolute Gasteiger partial charge is 0.341 e. The van der Waals surface area contributed by atoms with Crippen molar-refractivity contribution in [2.45, 2.75) is 45.4 Å². The van der Waals surface area contributed by atoms with Crippen molar-refractivity contribution in [1.29, 1.82) is 0 Å². The Hall–Kier alpha value is -1.88. The first kappa shape index (κ1) is 19.4. The summed E-state index contributed by atoms with van der Waals surface area (Å²) >= 11 is 0. The minimum absolute atomic E-state index is 0.0692. The number of rotatable bonds is 7. The molecule has 1 heterocycles. The SMILES string of the molecule is Cc1cccc(C(=O)N2CCCN(C(=O)CCCCCCN)CC2)c1. The predicted molar refractivity (Wildman–Crippen MR) is 100 cm³/mol. The zero-order chi connectivity index (χ0) is 18.1. The van der Waals surface area contributed by atoms with E-state index in [2.05, 4.69) is 0 Å². The molecule has 2 amide bonds. The van der Waals surface area contributed by atoms with Crippen LogP contribution in [0.2, 0.25) is 0 Å². The molecular formula is C20H31N3O2. The number of hydrogen-bond donors (Lipinski definition) is 1. The highest BCUT2D eigenvalue weighted by Crippen LogP contribution is 2.12. The molecule has 1 saturated heterocycles. The summed E-state index contributed by atoms with van der Waals surface area (Å²) in [4.78, 5) is 28.8. The average Bonchev–Trinajstić information content (AvgIpc) is 2.87. The molecule has 138 valence electrons. The number of carbonyl (C=O) groups is 2. The van der Waals surface area contributed by atoms with Gasteiger partial charge in [0.05, 0.1) is 0 Å². The first-order valence-corrected chi connectivity index (χ1v) is 9.45. The molecular weight excluding hydrogens is 314 g/mol. The molecule has 0 atom stereocenters. The van der Waals surface area contributed by atoms with Gasteiger partial charge in [-0.1, -0.05) is 30.5 Å². The van der Waals surface area contributed by atoms with Gasteiger partial charge in [0.2, 0.25) is 5.91 Å². The lowest BCUT2D eigenvalue weighted by molar-refractivity contribution is -0.131. The highest BCUT2D eigenvalue weighted by molar-refractivity contribution is 5.94. The van der Waals surface area contributed by atoms with Crippen molar-refractivity contribution in [3.05, 3.63) is 35.4 Å². The van der Waals surface area contributed by atoms with Crippen LogP contribution in [0, 0.1) is 6.92 Å². The maximum atomic E-state index is 12.7. The number of aryl methyl sites for hydroxylation is 1. The molecule has 0 saturated carbocycles. The van der Waals surface area contributed by atoms with E-state index in [0.717, 1.165) is 56.3 Å². The third-order valence-corrected chi connectivity index (χ3v) is 4.75. The lowest BCUT2D eigenvalue weighted by atomic mass is 10.1. The van der Waals surface area contributed by atoms with Crippen LogP contribution in [0.15, 0.2) is 24.3 Å². The molecule has 0 unspecified atom stereocenters. The molecule has 0 bridgehead atoms. The molecule has 25 heavy (non-hydrogen) atoms. The lowest BCUT2D eigenvalue weighted by Gasteiger charge is -2.22. The van der Waals surface area contributed by atoms with Crippen LogP contribution in [0.4, 0.5) is 0 Å². The highest BCUT2D eigenvalue weighted by Gasteiger charge is 2.22. The molecule has 1 aliphatic rings. The fraction of sp³-hybridized carbons (Fsp3) is 0.600. The van der Waals surface area contributed by atoms with Gasteiger partial charge in [0.15, 0.2) is 0 Å². The molecule has 0 spiro atoms. The minimum Gasteiger partial charge on any atom is -0.341 e. The zero-order valence-corrected chi connectivity index (χ0v) is 15.4. The third-order valence-electron chi connectivity index (χ3n) is 4.75. The second-order valence-electron chi connectivity index (χ2n) is 6.85. The van der Waals surface area contributed by atoms with E-state index in [-0.39, 0.29) is 11.8 Å².